The number of methoxy groups -OCH3 is 1. The third-order valence-corrected chi connectivity index (χ3v) is 6.41. The summed E-state index contributed by atoms with van der Waals surface area (Å²) in [6.45, 7) is 2.73. The third-order valence-electron chi connectivity index (χ3n) is 5.04. The van der Waals surface area contributed by atoms with Gasteiger partial charge in [-0.1, -0.05) is 48.2 Å². The predicted molar refractivity (Wildman–Crippen MR) is 120 cm³/mol. The molecule has 2 saturated heterocycles. The van der Waals surface area contributed by atoms with Crippen molar-refractivity contribution in [3.05, 3.63) is 64.6 Å². The van der Waals surface area contributed by atoms with Gasteiger partial charge in [0.25, 0.3) is 5.91 Å². The lowest BCUT2D eigenvalue weighted by atomic mass is 10.1. The molecular weight excluding hydrogens is 388 g/mol. The van der Waals surface area contributed by atoms with E-state index in [0.717, 1.165) is 30.0 Å². The van der Waals surface area contributed by atoms with Gasteiger partial charge in [-0.05, 0) is 54.3 Å². The Kier molecular flexibility index (Phi) is 5.69. The molecule has 0 aliphatic carbocycles. The van der Waals surface area contributed by atoms with E-state index >= 15 is 0 Å². The molecule has 0 aromatic heterocycles. The summed E-state index contributed by atoms with van der Waals surface area (Å²) in [6.07, 6.45) is 4.46. The Morgan fingerprint density at radius 1 is 1.07 bits per heavy atom. The third kappa shape index (κ3) is 4.08. The zero-order valence-electron chi connectivity index (χ0n) is 15.8. The van der Waals surface area contributed by atoms with E-state index in [0.29, 0.717) is 15.8 Å². The van der Waals surface area contributed by atoms with Gasteiger partial charge in [-0.15, -0.1) is 0 Å². The van der Waals surface area contributed by atoms with Crippen LogP contribution in [0.15, 0.2) is 53.4 Å². The molecule has 6 heteroatoms. The van der Waals surface area contributed by atoms with Gasteiger partial charge < -0.3 is 9.64 Å². The number of anilines is 1. The van der Waals surface area contributed by atoms with Crippen molar-refractivity contribution >= 4 is 46.0 Å². The zero-order chi connectivity index (χ0) is 19.5. The van der Waals surface area contributed by atoms with Crippen LogP contribution >= 0.6 is 24.0 Å². The normalized spacial score (nSPS) is 18.4. The maximum Gasteiger partial charge on any atom is 0.266 e. The van der Waals surface area contributed by atoms with Gasteiger partial charge in [0, 0.05) is 18.8 Å². The summed E-state index contributed by atoms with van der Waals surface area (Å²) < 4.78 is 5.78. The van der Waals surface area contributed by atoms with Crippen LogP contribution in [0.4, 0.5) is 5.69 Å². The molecule has 0 atom stereocenters. The molecule has 2 aromatic carbocycles. The number of hydrogen-bond acceptors (Lipinski definition) is 5. The first-order valence-electron chi connectivity index (χ1n) is 9.37. The van der Waals surface area contributed by atoms with Crippen molar-refractivity contribution < 1.29 is 9.53 Å². The molecular formula is C22H22N2O2S2. The minimum absolute atomic E-state index is 0.0329. The standard InChI is InChI=1S/C22H22N2O2S2/c1-26-19-10-6-17(7-11-19)15-24-21(25)20(28-22(24)27)14-16-4-8-18(9-5-16)23-12-2-3-13-23/h4-11,14H,2-3,12-13,15H2,1H3/b20-14-. The molecule has 0 bridgehead atoms. The summed E-state index contributed by atoms with van der Waals surface area (Å²) in [4.78, 5) is 17.6. The van der Waals surface area contributed by atoms with Gasteiger partial charge >= 0.3 is 0 Å². The Morgan fingerprint density at radius 2 is 1.75 bits per heavy atom. The highest BCUT2D eigenvalue weighted by atomic mass is 32.2. The molecule has 144 valence electrons. The average molecular weight is 411 g/mol. The summed E-state index contributed by atoms with van der Waals surface area (Å²) in [5, 5.41) is 0. The van der Waals surface area contributed by atoms with Gasteiger partial charge in [0.2, 0.25) is 0 Å². The average Bonchev–Trinajstić information content (AvgIpc) is 3.34. The molecule has 2 heterocycles. The first-order chi connectivity index (χ1) is 13.6. The van der Waals surface area contributed by atoms with Crippen LogP contribution in [-0.4, -0.2) is 35.3 Å². The van der Waals surface area contributed by atoms with Gasteiger partial charge in [-0.25, -0.2) is 0 Å². The van der Waals surface area contributed by atoms with Gasteiger partial charge in [0.1, 0.15) is 10.1 Å². The van der Waals surface area contributed by atoms with Crippen molar-refractivity contribution in [1.82, 2.24) is 4.90 Å². The van der Waals surface area contributed by atoms with Crippen molar-refractivity contribution in [2.45, 2.75) is 19.4 Å². The Morgan fingerprint density at radius 3 is 2.39 bits per heavy atom. The van der Waals surface area contributed by atoms with Crippen LogP contribution < -0.4 is 9.64 Å². The summed E-state index contributed by atoms with van der Waals surface area (Å²) in [5.41, 5.74) is 3.29. The molecule has 0 radical (unpaired) electrons. The molecule has 28 heavy (non-hydrogen) atoms. The number of thioether (sulfide) groups is 1. The van der Waals surface area contributed by atoms with Crippen molar-refractivity contribution in [3.8, 4) is 5.75 Å². The summed E-state index contributed by atoms with van der Waals surface area (Å²) >= 11 is 6.81. The Bertz CT molecular complexity index is 901. The van der Waals surface area contributed by atoms with Crippen LogP contribution in [0.3, 0.4) is 0 Å². The van der Waals surface area contributed by atoms with Crippen molar-refractivity contribution in [3.63, 3.8) is 0 Å². The number of thiocarbonyl (C=S) groups is 1. The second-order valence-corrected chi connectivity index (χ2v) is 8.58. The van der Waals surface area contributed by atoms with E-state index in [9.17, 15) is 4.79 Å². The van der Waals surface area contributed by atoms with Crippen LogP contribution in [0, 0.1) is 0 Å². The van der Waals surface area contributed by atoms with E-state index in [4.69, 9.17) is 17.0 Å². The highest BCUT2D eigenvalue weighted by Gasteiger charge is 2.32. The second-order valence-electron chi connectivity index (χ2n) is 6.90. The number of benzene rings is 2. The smallest absolute Gasteiger partial charge is 0.266 e. The highest BCUT2D eigenvalue weighted by Crippen LogP contribution is 2.34. The Balaban J connectivity index is 1.46. The van der Waals surface area contributed by atoms with Gasteiger partial charge in [-0.2, -0.15) is 0 Å². The lowest BCUT2D eigenvalue weighted by Crippen LogP contribution is -2.27. The summed E-state index contributed by atoms with van der Waals surface area (Å²) in [7, 11) is 1.64. The molecule has 0 unspecified atom stereocenters. The molecule has 0 N–H and O–H groups in total. The van der Waals surface area contributed by atoms with E-state index in [1.165, 1.54) is 30.3 Å². The van der Waals surface area contributed by atoms with E-state index < -0.39 is 0 Å². The largest absolute Gasteiger partial charge is 0.497 e. The monoisotopic (exact) mass is 410 g/mol. The van der Waals surface area contributed by atoms with Crippen LogP contribution in [0.25, 0.3) is 6.08 Å². The van der Waals surface area contributed by atoms with Gasteiger partial charge in [0.05, 0.1) is 18.6 Å². The predicted octanol–water partition coefficient (Wildman–Crippen LogP) is 4.70. The molecule has 2 aromatic rings. The molecule has 4 rings (SSSR count). The van der Waals surface area contributed by atoms with Crippen LogP contribution in [0.5, 0.6) is 5.75 Å². The number of amides is 1. The molecule has 0 saturated carbocycles. The Labute approximate surface area is 175 Å². The fraction of sp³-hybridized carbons (Fsp3) is 0.273. The molecule has 4 nitrogen and oxygen atoms in total. The minimum Gasteiger partial charge on any atom is -0.497 e. The highest BCUT2D eigenvalue weighted by molar-refractivity contribution is 8.26. The Hall–Kier alpha value is -2.31. The maximum absolute atomic E-state index is 12.8. The first kappa shape index (κ1) is 19.0. The van der Waals surface area contributed by atoms with Crippen molar-refractivity contribution in [2.24, 2.45) is 0 Å². The number of carbonyl (C=O) groups is 1. The molecule has 1 amide bonds. The number of ether oxygens (including phenoxy) is 1. The first-order valence-corrected chi connectivity index (χ1v) is 10.6. The minimum atomic E-state index is -0.0329. The molecule has 0 spiro atoms. The lowest BCUT2D eigenvalue weighted by molar-refractivity contribution is -0.122. The summed E-state index contributed by atoms with van der Waals surface area (Å²) in [6, 6.07) is 16.1. The fourth-order valence-electron chi connectivity index (χ4n) is 3.46. The van der Waals surface area contributed by atoms with E-state index in [-0.39, 0.29) is 5.91 Å². The van der Waals surface area contributed by atoms with Crippen LogP contribution in [-0.2, 0) is 11.3 Å². The van der Waals surface area contributed by atoms with E-state index in [1.807, 2.05) is 30.3 Å². The summed E-state index contributed by atoms with van der Waals surface area (Å²) in [5.74, 6) is 0.765. The van der Waals surface area contributed by atoms with Crippen LogP contribution in [0.2, 0.25) is 0 Å². The van der Waals surface area contributed by atoms with Crippen LogP contribution in [0.1, 0.15) is 24.0 Å². The van der Waals surface area contributed by atoms with Gasteiger partial charge in [0.15, 0.2) is 0 Å². The molecule has 2 fully saturated rings. The molecule has 2 aliphatic heterocycles. The molecule has 2 aliphatic rings. The van der Waals surface area contributed by atoms with E-state index in [1.54, 1.807) is 12.0 Å². The topological polar surface area (TPSA) is 32.8 Å². The number of hydrogen-bond donors (Lipinski definition) is 0. The maximum atomic E-state index is 12.8. The van der Waals surface area contributed by atoms with Gasteiger partial charge in [-0.3, -0.25) is 9.69 Å². The number of carbonyl (C=O) groups excluding carboxylic acids is 1. The van der Waals surface area contributed by atoms with Crippen molar-refractivity contribution in [1.29, 1.82) is 0 Å². The lowest BCUT2D eigenvalue weighted by Gasteiger charge is -2.17. The van der Waals surface area contributed by atoms with E-state index in [2.05, 4.69) is 29.2 Å². The van der Waals surface area contributed by atoms with Crippen molar-refractivity contribution in [2.75, 3.05) is 25.1 Å². The number of rotatable bonds is 5. The number of nitrogens with zero attached hydrogens (tertiary/aromatic N) is 2. The zero-order valence-corrected chi connectivity index (χ0v) is 17.4. The second kappa shape index (κ2) is 8.37. The quantitative estimate of drug-likeness (QED) is 0.527. The SMILES string of the molecule is COc1ccc(CN2C(=O)/C(=C/c3ccc(N4CCCC4)cc3)SC2=S)cc1. The fourth-order valence-corrected chi connectivity index (χ4v) is 4.71.